The summed E-state index contributed by atoms with van der Waals surface area (Å²) < 4.78 is 1.55. The van der Waals surface area contributed by atoms with Gasteiger partial charge in [-0.05, 0) is 26.0 Å². The number of phenols is 2. The molecular weight excluding hydrogens is 220 g/mol. The lowest BCUT2D eigenvalue weighted by atomic mass is 10.2. The number of aromatic nitrogens is 3. The van der Waals surface area contributed by atoms with Crippen LogP contribution in [-0.2, 0) is 0 Å². The summed E-state index contributed by atoms with van der Waals surface area (Å²) in [7, 11) is 0. The van der Waals surface area contributed by atoms with Crippen LogP contribution in [0.15, 0.2) is 23.3 Å². The maximum Gasteiger partial charge on any atom is 0.166 e. The van der Waals surface area contributed by atoms with Gasteiger partial charge in [-0.3, -0.25) is 0 Å². The molecule has 0 aliphatic carbocycles. The Labute approximate surface area is 97.9 Å². The van der Waals surface area contributed by atoms with Crippen molar-refractivity contribution in [2.75, 3.05) is 0 Å². The van der Waals surface area contributed by atoms with Crippen LogP contribution in [0, 0.1) is 13.8 Å². The topological polar surface area (TPSA) is 83.5 Å². The molecule has 0 amide bonds. The molecule has 0 bridgehead atoms. The molecule has 88 valence electrons. The van der Waals surface area contributed by atoms with E-state index in [2.05, 4.69) is 15.3 Å². The molecular formula is C11H12N4O2. The van der Waals surface area contributed by atoms with E-state index in [1.165, 1.54) is 12.3 Å². The Kier molecular flexibility index (Phi) is 2.78. The van der Waals surface area contributed by atoms with E-state index in [9.17, 15) is 10.2 Å². The molecule has 0 spiro atoms. The summed E-state index contributed by atoms with van der Waals surface area (Å²) in [6.07, 6.45) is 1.44. The summed E-state index contributed by atoms with van der Waals surface area (Å²) >= 11 is 0. The molecule has 17 heavy (non-hydrogen) atoms. The van der Waals surface area contributed by atoms with Gasteiger partial charge in [0.15, 0.2) is 23.1 Å². The monoisotopic (exact) mass is 232 g/mol. The predicted molar refractivity (Wildman–Crippen MR) is 62.3 cm³/mol. The Hall–Kier alpha value is -2.37. The molecule has 6 heteroatoms. The molecule has 0 unspecified atom stereocenters. The Balaban J connectivity index is 2.36. The molecule has 0 atom stereocenters. The van der Waals surface area contributed by atoms with Gasteiger partial charge in [-0.1, -0.05) is 6.07 Å². The van der Waals surface area contributed by atoms with Gasteiger partial charge in [-0.15, -0.1) is 10.2 Å². The first-order valence-electron chi connectivity index (χ1n) is 5.03. The lowest BCUT2D eigenvalue weighted by molar-refractivity contribution is 0.403. The van der Waals surface area contributed by atoms with E-state index in [1.807, 2.05) is 0 Å². The number of hydrogen-bond donors (Lipinski definition) is 2. The zero-order valence-electron chi connectivity index (χ0n) is 9.49. The maximum atomic E-state index is 9.58. The average Bonchev–Trinajstić information content (AvgIpc) is 2.62. The first-order chi connectivity index (χ1) is 8.09. The number of aryl methyl sites for hydroxylation is 2. The smallest absolute Gasteiger partial charge is 0.166 e. The van der Waals surface area contributed by atoms with Crippen LogP contribution in [0.2, 0.25) is 0 Å². The molecule has 0 aliphatic heterocycles. The van der Waals surface area contributed by atoms with Gasteiger partial charge in [-0.2, -0.15) is 5.10 Å². The van der Waals surface area contributed by atoms with Crippen LogP contribution in [0.3, 0.4) is 0 Å². The largest absolute Gasteiger partial charge is 0.504 e. The molecule has 0 aliphatic rings. The van der Waals surface area contributed by atoms with Gasteiger partial charge in [-0.25, -0.2) is 4.68 Å². The molecule has 0 fully saturated rings. The Morgan fingerprint density at radius 1 is 1.18 bits per heavy atom. The third-order valence-electron chi connectivity index (χ3n) is 2.31. The third kappa shape index (κ3) is 2.10. The molecule has 0 saturated carbocycles. The second-order valence-electron chi connectivity index (χ2n) is 3.57. The second kappa shape index (κ2) is 4.25. The minimum atomic E-state index is -0.195. The van der Waals surface area contributed by atoms with Crippen LogP contribution < -0.4 is 0 Å². The fraction of sp³-hybridized carbons (Fsp3) is 0.182. The van der Waals surface area contributed by atoms with Crippen LogP contribution in [0.25, 0.3) is 0 Å². The molecule has 2 aromatic rings. The van der Waals surface area contributed by atoms with Gasteiger partial charge in [0, 0.05) is 5.56 Å². The standard InChI is InChI=1S/C11H12N4O2/c1-7-13-14-8(2)15(7)12-6-9-4-3-5-10(16)11(9)17/h3-6,16-17H,1-2H3. The van der Waals surface area contributed by atoms with Crippen molar-refractivity contribution in [3.05, 3.63) is 35.4 Å². The summed E-state index contributed by atoms with van der Waals surface area (Å²) in [4.78, 5) is 0. The molecule has 1 heterocycles. The Bertz CT molecular complexity index is 555. The highest BCUT2D eigenvalue weighted by atomic mass is 16.3. The number of para-hydroxylation sites is 1. The van der Waals surface area contributed by atoms with Gasteiger partial charge < -0.3 is 10.2 Å². The first kappa shape index (κ1) is 11.1. The lowest BCUT2D eigenvalue weighted by Crippen LogP contribution is -1.96. The normalized spacial score (nSPS) is 11.2. The maximum absolute atomic E-state index is 9.58. The fourth-order valence-corrected chi connectivity index (χ4v) is 1.40. The number of nitrogens with zero attached hydrogens (tertiary/aromatic N) is 4. The van der Waals surface area contributed by atoms with Crippen molar-refractivity contribution in [1.82, 2.24) is 14.9 Å². The number of benzene rings is 1. The van der Waals surface area contributed by atoms with Crippen LogP contribution in [0.4, 0.5) is 0 Å². The van der Waals surface area contributed by atoms with Crippen LogP contribution in [0.5, 0.6) is 11.5 Å². The minimum Gasteiger partial charge on any atom is -0.504 e. The van der Waals surface area contributed by atoms with E-state index in [0.717, 1.165) is 0 Å². The lowest BCUT2D eigenvalue weighted by Gasteiger charge is -2.01. The van der Waals surface area contributed by atoms with Crippen molar-refractivity contribution in [2.45, 2.75) is 13.8 Å². The van der Waals surface area contributed by atoms with Crippen LogP contribution in [-0.4, -0.2) is 31.3 Å². The van der Waals surface area contributed by atoms with Gasteiger partial charge in [0.2, 0.25) is 0 Å². The molecule has 1 aromatic carbocycles. The van der Waals surface area contributed by atoms with E-state index in [0.29, 0.717) is 17.2 Å². The summed E-state index contributed by atoms with van der Waals surface area (Å²) in [5, 5.41) is 30.8. The van der Waals surface area contributed by atoms with Gasteiger partial charge in [0.05, 0.1) is 6.21 Å². The molecule has 1 aromatic heterocycles. The summed E-state index contributed by atoms with van der Waals surface area (Å²) in [5.41, 5.74) is 0.428. The summed E-state index contributed by atoms with van der Waals surface area (Å²) in [5.74, 6) is 0.933. The highest BCUT2D eigenvalue weighted by molar-refractivity contribution is 5.84. The van der Waals surface area contributed by atoms with Crippen molar-refractivity contribution in [2.24, 2.45) is 5.10 Å². The number of phenolic OH excluding ortho intramolecular Hbond substituents is 2. The Morgan fingerprint density at radius 3 is 2.47 bits per heavy atom. The highest BCUT2D eigenvalue weighted by Gasteiger charge is 2.05. The van der Waals surface area contributed by atoms with E-state index < -0.39 is 0 Å². The summed E-state index contributed by atoms with van der Waals surface area (Å²) in [6.45, 7) is 3.55. The fourth-order valence-electron chi connectivity index (χ4n) is 1.40. The highest BCUT2D eigenvalue weighted by Crippen LogP contribution is 2.26. The number of aromatic hydroxyl groups is 2. The van der Waals surface area contributed by atoms with E-state index in [1.54, 1.807) is 30.7 Å². The van der Waals surface area contributed by atoms with E-state index in [-0.39, 0.29) is 11.5 Å². The minimum absolute atomic E-state index is 0.175. The molecule has 2 rings (SSSR count). The summed E-state index contributed by atoms with van der Waals surface area (Å²) in [6, 6.07) is 4.68. The molecule has 0 radical (unpaired) electrons. The van der Waals surface area contributed by atoms with Crippen LogP contribution >= 0.6 is 0 Å². The van der Waals surface area contributed by atoms with Gasteiger partial charge >= 0.3 is 0 Å². The number of rotatable bonds is 2. The average molecular weight is 232 g/mol. The SMILES string of the molecule is Cc1nnc(C)n1N=Cc1cccc(O)c1O. The molecule has 6 nitrogen and oxygen atoms in total. The van der Waals surface area contributed by atoms with Crippen LogP contribution in [0.1, 0.15) is 17.2 Å². The third-order valence-corrected chi connectivity index (χ3v) is 2.31. The van der Waals surface area contributed by atoms with Crippen molar-refractivity contribution >= 4 is 6.21 Å². The van der Waals surface area contributed by atoms with E-state index >= 15 is 0 Å². The molecule has 2 N–H and O–H groups in total. The quantitative estimate of drug-likeness (QED) is 0.601. The van der Waals surface area contributed by atoms with Gasteiger partial charge in [0.1, 0.15) is 0 Å². The molecule has 0 saturated heterocycles. The van der Waals surface area contributed by atoms with Crippen molar-refractivity contribution < 1.29 is 10.2 Å². The van der Waals surface area contributed by atoms with E-state index in [4.69, 9.17) is 0 Å². The zero-order valence-corrected chi connectivity index (χ0v) is 9.49. The van der Waals surface area contributed by atoms with Crippen molar-refractivity contribution in [1.29, 1.82) is 0 Å². The van der Waals surface area contributed by atoms with Crippen molar-refractivity contribution in [3.63, 3.8) is 0 Å². The zero-order chi connectivity index (χ0) is 12.4. The number of hydrogen-bond acceptors (Lipinski definition) is 5. The Morgan fingerprint density at radius 2 is 1.82 bits per heavy atom. The predicted octanol–water partition coefficient (Wildman–Crippen LogP) is 1.19. The second-order valence-corrected chi connectivity index (χ2v) is 3.57. The van der Waals surface area contributed by atoms with Gasteiger partial charge in [0.25, 0.3) is 0 Å². The first-order valence-corrected chi connectivity index (χ1v) is 5.03. The van der Waals surface area contributed by atoms with Crippen molar-refractivity contribution in [3.8, 4) is 11.5 Å².